The van der Waals surface area contributed by atoms with Gasteiger partial charge in [0.05, 0.1) is 7.11 Å². The largest absolute Gasteiger partial charge is 0.478 e. The zero-order valence-electron chi connectivity index (χ0n) is 5.44. The maximum atomic E-state index is 12.4. The third-order valence-corrected chi connectivity index (χ3v) is 0.984. The van der Waals surface area contributed by atoms with Gasteiger partial charge in [0, 0.05) is 0 Å². The van der Waals surface area contributed by atoms with Crippen LogP contribution in [0.1, 0.15) is 0 Å². The first-order valence-corrected chi connectivity index (χ1v) is 2.58. The van der Waals surface area contributed by atoms with Crippen molar-refractivity contribution in [3.8, 4) is 5.88 Å². The molecule has 0 N–H and O–H groups in total. The molecular formula is C5H3F3N2O. The van der Waals surface area contributed by atoms with Crippen LogP contribution in [0.5, 0.6) is 5.88 Å². The molecule has 0 aliphatic rings. The second-order valence-electron chi connectivity index (χ2n) is 1.63. The fourth-order valence-corrected chi connectivity index (χ4v) is 0.492. The summed E-state index contributed by atoms with van der Waals surface area (Å²) in [5.41, 5.74) is 0. The highest BCUT2D eigenvalue weighted by Crippen LogP contribution is 2.15. The molecule has 0 saturated heterocycles. The fraction of sp³-hybridized carbons (Fsp3) is 0.200. The molecule has 0 atom stereocenters. The van der Waals surface area contributed by atoms with Crippen LogP contribution in [0.4, 0.5) is 13.2 Å². The Morgan fingerprint density at radius 3 is 2.27 bits per heavy atom. The van der Waals surface area contributed by atoms with Crippen LogP contribution in [0.2, 0.25) is 0 Å². The molecule has 0 unspecified atom stereocenters. The Hall–Kier alpha value is -1.33. The second-order valence-corrected chi connectivity index (χ2v) is 1.63. The minimum atomic E-state index is -1.68. The molecule has 11 heavy (non-hydrogen) atoms. The van der Waals surface area contributed by atoms with E-state index in [1.807, 2.05) is 0 Å². The van der Waals surface area contributed by atoms with Gasteiger partial charge in [-0.15, -0.1) is 10.2 Å². The van der Waals surface area contributed by atoms with Crippen molar-refractivity contribution in [2.24, 2.45) is 0 Å². The third kappa shape index (κ3) is 1.24. The van der Waals surface area contributed by atoms with E-state index in [0.29, 0.717) is 0 Å². The molecule has 0 bridgehead atoms. The predicted molar refractivity (Wildman–Crippen MR) is 28.5 cm³/mol. The van der Waals surface area contributed by atoms with Gasteiger partial charge in [-0.1, -0.05) is 0 Å². The Bertz CT molecular complexity index is 279. The van der Waals surface area contributed by atoms with Crippen molar-refractivity contribution in [3.63, 3.8) is 0 Å². The number of nitrogens with zero attached hydrogens (tertiary/aromatic N) is 2. The van der Waals surface area contributed by atoms with Gasteiger partial charge < -0.3 is 4.74 Å². The van der Waals surface area contributed by atoms with Gasteiger partial charge in [-0.05, 0) is 0 Å². The van der Waals surface area contributed by atoms with Crippen molar-refractivity contribution >= 4 is 0 Å². The summed E-state index contributed by atoms with van der Waals surface area (Å²) in [6.07, 6.45) is 0. The Morgan fingerprint density at radius 1 is 1.09 bits per heavy atom. The first kappa shape index (κ1) is 7.77. The summed E-state index contributed by atoms with van der Waals surface area (Å²) in [4.78, 5) is 0. The lowest BCUT2D eigenvalue weighted by molar-refractivity contribution is 0.326. The summed E-state index contributed by atoms with van der Waals surface area (Å²) in [7, 11) is 1.07. The fourth-order valence-electron chi connectivity index (χ4n) is 0.492. The zero-order valence-corrected chi connectivity index (χ0v) is 5.44. The lowest BCUT2D eigenvalue weighted by Crippen LogP contribution is -2.02. The van der Waals surface area contributed by atoms with Gasteiger partial charge in [-0.25, -0.2) is 0 Å². The molecule has 0 saturated carbocycles. The molecule has 0 fully saturated rings. The van der Waals surface area contributed by atoms with Crippen molar-refractivity contribution in [2.45, 2.75) is 0 Å². The highest BCUT2D eigenvalue weighted by atomic mass is 19.2. The second kappa shape index (κ2) is 2.73. The van der Waals surface area contributed by atoms with Crippen LogP contribution in [-0.4, -0.2) is 17.3 Å². The average molecular weight is 164 g/mol. The summed E-state index contributed by atoms with van der Waals surface area (Å²) in [5.74, 6) is -5.40. The average Bonchev–Trinajstić information content (AvgIpc) is 2.01. The Kier molecular flexibility index (Phi) is 1.93. The van der Waals surface area contributed by atoms with E-state index < -0.39 is 23.5 Å². The molecule has 3 nitrogen and oxygen atoms in total. The minimum absolute atomic E-state index is 0.663. The smallest absolute Gasteiger partial charge is 0.273 e. The van der Waals surface area contributed by atoms with E-state index in [9.17, 15) is 13.2 Å². The SMILES string of the molecule is COc1nnc(F)c(F)c1F. The molecule has 0 radical (unpaired) electrons. The quantitative estimate of drug-likeness (QED) is 0.618. The van der Waals surface area contributed by atoms with Gasteiger partial charge in [-0.3, -0.25) is 0 Å². The summed E-state index contributed by atoms with van der Waals surface area (Å²) in [6.45, 7) is 0. The summed E-state index contributed by atoms with van der Waals surface area (Å²) in [5, 5.41) is 5.55. The number of rotatable bonds is 1. The van der Waals surface area contributed by atoms with Crippen LogP contribution in [0.3, 0.4) is 0 Å². The molecule has 1 aromatic heterocycles. The monoisotopic (exact) mass is 164 g/mol. The van der Waals surface area contributed by atoms with E-state index in [-0.39, 0.29) is 0 Å². The number of halogens is 3. The molecule has 0 amide bonds. The van der Waals surface area contributed by atoms with E-state index in [2.05, 4.69) is 14.9 Å². The predicted octanol–water partition coefficient (Wildman–Crippen LogP) is 0.902. The number of hydrogen-bond acceptors (Lipinski definition) is 3. The van der Waals surface area contributed by atoms with E-state index in [0.717, 1.165) is 7.11 Å². The molecule has 0 aromatic carbocycles. The van der Waals surface area contributed by atoms with Crippen LogP contribution in [0, 0.1) is 17.6 Å². The normalized spacial score (nSPS) is 9.82. The molecular weight excluding hydrogens is 161 g/mol. The van der Waals surface area contributed by atoms with Crippen molar-refractivity contribution in [2.75, 3.05) is 7.11 Å². The molecule has 1 aromatic rings. The van der Waals surface area contributed by atoms with Crippen molar-refractivity contribution in [1.82, 2.24) is 10.2 Å². The van der Waals surface area contributed by atoms with Crippen molar-refractivity contribution in [3.05, 3.63) is 17.6 Å². The lowest BCUT2D eigenvalue weighted by atomic mass is 10.5. The molecule has 0 spiro atoms. The number of aromatic nitrogens is 2. The maximum absolute atomic E-state index is 12.4. The highest BCUT2D eigenvalue weighted by molar-refractivity contribution is 5.11. The maximum Gasteiger partial charge on any atom is 0.273 e. The Labute approximate surface area is 59.8 Å². The Balaban J connectivity index is 3.25. The van der Waals surface area contributed by atoms with Crippen LogP contribution in [-0.2, 0) is 0 Å². The van der Waals surface area contributed by atoms with Crippen LogP contribution >= 0.6 is 0 Å². The number of methoxy groups -OCH3 is 1. The van der Waals surface area contributed by atoms with Crippen molar-refractivity contribution in [1.29, 1.82) is 0 Å². The molecule has 6 heteroatoms. The standard InChI is InChI=1S/C5H3F3N2O/c1-11-5-3(7)2(6)4(8)9-10-5/h1H3. The number of ether oxygens (including phenoxy) is 1. The summed E-state index contributed by atoms with van der Waals surface area (Å²) in [6, 6.07) is 0. The van der Waals surface area contributed by atoms with Gasteiger partial charge in [0.15, 0.2) is 0 Å². The first-order valence-electron chi connectivity index (χ1n) is 2.58. The van der Waals surface area contributed by atoms with Crippen LogP contribution in [0.25, 0.3) is 0 Å². The van der Waals surface area contributed by atoms with Crippen LogP contribution < -0.4 is 4.74 Å². The molecule has 0 aliphatic carbocycles. The first-order chi connectivity index (χ1) is 5.16. The molecule has 0 aliphatic heterocycles. The van der Waals surface area contributed by atoms with Crippen molar-refractivity contribution < 1.29 is 17.9 Å². The molecule has 1 heterocycles. The summed E-state index contributed by atoms with van der Waals surface area (Å²) >= 11 is 0. The minimum Gasteiger partial charge on any atom is -0.478 e. The van der Waals surface area contributed by atoms with E-state index in [1.165, 1.54) is 0 Å². The van der Waals surface area contributed by atoms with Gasteiger partial charge in [0.1, 0.15) is 0 Å². The number of hydrogen-bond donors (Lipinski definition) is 0. The van der Waals surface area contributed by atoms with E-state index in [4.69, 9.17) is 0 Å². The zero-order chi connectivity index (χ0) is 8.43. The summed E-state index contributed by atoms with van der Waals surface area (Å²) < 4.78 is 40.9. The molecule has 60 valence electrons. The lowest BCUT2D eigenvalue weighted by Gasteiger charge is -1.98. The highest BCUT2D eigenvalue weighted by Gasteiger charge is 2.16. The van der Waals surface area contributed by atoms with Gasteiger partial charge >= 0.3 is 0 Å². The van der Waals surface area contributed by atoms with E-state index in [1.54, 1.807) is 0 Å². The topological polar surface area (TPSA) is 35.0 Å². The van der Waals surface area contributed by atoms with Gasteiger partial charge in [-0.2, -0.15) is 13.2 Å². The van der Waals surface area contributed by atoms with Gasteiger partial charge in [0.25, 0.3) is 11.8 Å². The van der Waals surface area contributed by atoms with E-state index >= 15 is 0 Å². The van der Waals surface area contributed by atoms with Gasteiger partial charge in [0.2, 0.25) is 11.6 Å². The Morgan fingerprint density at radius 2 is 1.73 bits per heavy atom. The molecule has 1 rings (SSSR count). The van der Waals surface area contributed by atoms with Crippen LogP contribution in [0.15, 0.2) is 0 Å². The third-order valence-electron chi connectivity index (χ3n) is 0.984.